The molecule has 148 valence electrons. The molecular formula is C22H20BrFN4S. The van der Waals surface area contributed by atoms with Gasteiger partial charge in [-0.15, -0.1) is 11.3 Å². The first-order valence-corrected chi connectivity index (χ1v) is 11.2. The van der Waals surface area contributed by atoms with Crippen molar-refractivity contribution in [1.29, 1.82) is 0 Å². The van der Waals surface area contributed by atoms with Crippen LogP contribution in [0.15, 0.2) is 46.5 Å². The Labute approximate surface area is 181 Å². The molecule has 0 aliphatic heterocycles. The first-order chi connectivity index (χ1) is 14.1. The van der Waals surface area contributed by atoms with Gasteiger partial charge >= 0.3 is 0 Å². The molecule has 0 bridgehead atoms. The minimum Gasteiger partial charge on any atom is -0.383 e. The van der Waals surface area contributed by atoms with Crippen LogP contribution >= 0.6 is 27.3 Å². The molecule has 3 aromatic heterocycles. The van der Waals surface area contributed by atoms with Crippen LogP contribution in [0.3, 0.4) is 0 Å². The van der Waals surface area contributed by atoms with Gasteiger partial charge in [0.25, 0.3) is 0 Å². The number of unbranched alkanes of at least 4 members (excludes halogenated alkanes) is 2. The predicted octanol–water partition coefficient (Wildman–Crippen LogP) is 6.64. The molecule has 0 saturated carbocycles. The molecule has 29 heavy (non-hydrogen) atoms. The number of nitrogen functional groups attached to an aromatic ring is 1. The molecular weight excluding hydrogens is 451 g/mol. The van der Waals surface area contributed by atoms with Gasteiger partial charge in [0.2, 0.25) is 0 Å². The number of anilines is 1. The highest BCUT2D eigenvalue weighted by Crippen LogP contribution is 2.41. The summed E-state index contributed by atoms with van der Waals surface area (Å²) in [5.41, 5.74) is 10.7. The van der Waals surface area contributed by atoms with Crippen molar-refractivity contribution >= 4 is 44.1 Å². The zero-order valence-corrected chi connectivity index (χ0v) is 18.4. The topological polar surface area (TPSA) is 64.7 Å². The van der Waals surface area contributed by atoms with Crippen LogP contribution in [-0.4, -0.2) is 15.0 Å². The lowest BCUT2D eigenvalue weighted by atomic mass is 9.91. The Bertz CT molecular complexity index is 1160. The van der Waals surface area contributed by atoms with Crippen molar-refractivity contribution in [3.8, 4) is 21.7 Å². The Kier molecular flexibility index (Phi) is 5.87. The number of nitrogens with zero attached hydrogens (tertiary/aromatic N) is 3. The van der Waals surface area contributed by atoms with Gasteiger partial charge in [-0.2, -0.15) is 0 Å². The summed E-state index contributed by atoms with van der Waals surface area (Å²) in [4.78, 5) is 14.6. The SMILES string of the molecule is CCCCCc1c(-c2cccs2)nc2ncnc(N)c2c1-c1ccc(F)c(Br)c1. The molecule has 4 rings (SSSR count). The molecule has 0 spiro atoms. The molecule has 2 N–H and O–H groups in total. The van der Waals surface area contributed by atoms with Gasteiger partial charge in [0, 0.05) is 5.56 Å². The monoisotopic (exact) mass is 470 g/mol. The van der Waals surface area contributed by atoms with Crippen molar-refractivity contribution in [1.82, 2.24) is 15.0 Å². The number of aromatic nitrogens is 3. The summed E-state index contributed by atoms with van der Waals surface area (Å²) in [5, 5.41) is 2.76. The Morgan fingerprint density at radius 1 is 1.17 bits per heavy atom. The van der Waals surface area contributed by atoms with Crippen LogP contribution in [0.4, 0.5) is 10.2 Å². The van der Waals surface area contributed by atoms with Gasteiger partial charge in [0.05, 0.1) is 20.4 Å². The molecule has 0 aliphatic carbocycles. The van der Waals surface area contributed by atoms with Gasteiger partial charge in [0.15, 0.2) is 5.65 Å². The van der Waals surface area contributed by atoms with Crippen molar-refractivity contribution in [2.75, 3.05) is 5.73 Å². The van der Waals surface area contributed by atoms with Crippen LogP contribution in [0.5, 0.6) is 0 Å². The summed E-state index contributed by atoms with van der Waals surface area (Å²) in [6, 6.07) is 9.12. The number of hydrogen-bond acceptors (Lipinski definition) is 5. The van der Waals surface area contributed by atoms with E-state index >= 15 is 0 Å². The van der Waals surface area contributed by atoms with E-state index in [-0.39, 0.29) is 5.82 Å². The number of nitrogens with two attached hydrogens (primary N) is 1. The highest BCUT2D eigenvalue weighted by Gasteiger charge is 2.21. The Hall–Kier alpha value is -2.38. The van der Waals surface area contributed by atoms with E-state index in [0.29, 0.717) is 15.9 Å². The maximum atomic E-state index is 14.0. The summed E-state index contributed by atoms with van der Waals surface area (Å²) in [6.45, 7) is 2.18. The zero-order chi connectivity index (χ0) is 20.4. The van der Waals surface area contributed by atoms with E-state index in [4.69, 9.17) is 10.7 Å². The standard InChI is InChI=1S/C22H20BrFN4S/c1-2-3-4-6-14-18(13-8-9-16(24)15(23)11-13)19-21(25)26-12-27-22(19)28-20(14)17-7-5-10-29-17/h5,7-12H,2-4,6H2,1H3,(H2,25,26,27,28). The highest BCUT2D eigenvalue weighted by atomic mass is 79.9. The van der Waals surface area contributed by atoms with Crippen molar-refractivity contribution in [3.63, 3.8) is 0 Å². The quantitative estimate of drug-likeness (QED) is 0.320. The van der Waals surface area contributed by atoms with Gasteiger partial charge in [-0.25, -0.2) is 19.3 Å². The highest BCUT2D eigenvalue weighted by molar-refractivity contribution is 9.10. The Morgan fingerprint density at radius 2 is 2.03 bits per heavy atom. The molecule has 4 nitrogen and oxygen atoms in total. The first-order valence-electron chi connectivity index (χ1n) is 9.52. The van der Waals surface area contributed by atoms with Crippen molar-refractivity contribution in [2.24, 2.45) is 0 Å². The molecule has 0 radical (unpaired) electrons. The van der Waals surface area contributed by atoms with Crippen molar-refractivity contribution in [2.45, 2.75) is 32.6 Å². The second-order valence-electron chi connectivity index (χ2n) is 6.83. The second-order valence-corrected chi connectivity index (χ2v) is 8.64. The number of pyridine rings is 1. The fraction of sp³-hybridized carbons (Fsp3) is 0.227. The average Bonchev–Trinajstić information content (AvgIpc) is 3.25. The summed E-state index contributed by atoms with van der Waals surface area (Å²) >= 11 is 4.97. The Balaban J connectivity index is 2.08. The number of benzene rings is 1. The number of fused-ring (bicyclic) bond motifs is 1. The number of rotatable bonds is 6. The van der Waals surface area contributed by atoms with Crippen LogP contribution in [-0.2, 0) is 6.42 Å². The molecule has 3 heterocycles. The van der Waals surface area contributed by atoms with Crippen LogP contribution in [0.1, 0.15) is 31.7 Å². The predicted molar refractivity (Wildman–Crippen MR) is 121 cm³/mol. The van der Waals surface area contributed by atoms with Crippen LogP contribution < -0.4 is 5.73 Å². The normalized spacial score (nSPS) is 11.3. The molecule has 0 aliphatic rings. The fourth-order valence-corrected chi connectivity index (χ4v) is 4.66. The zero-order valence-electron chi connectivity index (χ0n) is 16.0. The number of thiophene rings is 1. The van der Waals surface area contributed by atoms with E-state index < -0.39 is 0 Å². The molecule has 0 fully saturated rings. The third-order valence-electron chi connectivity index (χ3n) is 4.91. The number of halogens is 2. The van der Waals surface area contributed by atoms with Crippen molar-refractivity contribution in [3.05, 3.63) is 57.9 Å². The minimum absolute atomic E-state index is 0.303. The van der Waals surface area contributed by atoms with E-state index in [1.54, 1.807) is 23.5 Å². The van der Waals surface area contributed by atoms with E-state index in [9.17, 15) is 4.39 Å². The molecule has 7 heteroatoms. The van der Waals surface area contributed by atoms with E-state index in [0.717, 1.165) is 58.3 Å². The molecule has 0 amide bonds. The van der Waals surface area contributed by atoms with Gasteiger partial charge < -0.3 is 5.73 Å². The van der Waals surface area contributed by atoms with E-state index in [1.165, 1.54) is 12.4 Å². The van der Waals surface area contributed by atoms with E-state index in [1.807, 2.05) is 11.4 Å². The molecule has 1 aromatic carbocycles. The lowest BCUT2D eigenvalue weighted by molar-refractivity contribution is 0.621. The lowest BCUT2D eigenvalue weighted by Gasteiger charge is -2.18. The third-order valence-corrected chi connectivity index (χ3v) is 6.39. The molecule has 0 atom stereocenters. The smallest absolute Gasteiger partial charge is 0.165 e. The van der Waals surface area contributed by atoms with Crippen LogP contribution in [0.2, 0.25) is 0 Å². The third kappa shape index (κ3) is 3.89. The minimum atomic E-state index is -0.303. The largest absolute Gasteiger partial charge is 0.383 e. The summed E-state index contributed by atoms with van der Waals surface area (Å²) in [5.74, 6) is 0.0785. The van der Waals surface area contributed by atoms with E-state index in [2.05, 4.69) is 38.9 Å². The fourth-order valence-electron chi connectivity index (χ4n) is 3.54. The van der Waals surface area contributed by atoms with Crippen molar-refractivity contribution < 1.29 is 4.39 Å². The lowest BCUT2D eigenvalue weighted by Crippen LogP contribution is -2.04. The summed E-state index contributed by atoms with van der Waals surface area (Å²) in [7, 11) is 0. The van der Waals surface area contributed by atoms with Gasteiger partial charge in [-0.05, 0) is 63.5 Å². The van der Waals surface area contributed by atoms with Gasteiger partial charge in [0.1, 0.15) is 18.0 Å². The maximum Gasteiger partial charge on any atom is 0.165 e. The first kappa shape index (κ1) is 19.9. The second kappa shape index (κ2) is 8.55. The molecule has 0 unspecified atom stereocenters. The van der Waals surface area contributed by atoms with Gasteiger partial charge in [-0.1, -0.05) is 31.9 Å². The Morgan fingerprint density at radius 3 is 2.76 bits per heavy atom. The van der Waals surface area contributed by atoms with Crippen LogP contribution in [0, 0.1) is 5.82 Å². The molecule has 4 aromatic rings. The average molecular weight is 471 g/mol. The number of hydrogen-bond donors (Lipinski definition) is 1. The van der Waals surface area contributed by atoms with Crippen LogP contribution in [0.25, 0.3) is 32.7 Å². The van der Waals surface area contributed by atoms with Gasteiger partial charge in [-0.3, -0.25) is 0 Å². The maximum absolute atomic E-state index is 14.0. The summed E-state index contributed by atoms with van der Waals surface area (Å²) < 4.78 is 14.4. The molecule has 0 saturated heterocycles. The summed E-state index contributed by atoms with van der Waals surface area (Å²) in [6.07, 6.45) is 5.56.